The van der Waals surface area contributed by atoms with E-state index in [-0.39, 0.29) is 11.5 Å². The molecule has 0 aliphatic rings. The SMILES string of the molecule is CC[N+](=O)[O-].CS(C)=O. The minimum absolute atomic E-state index is 0.0278. The topological polar surface area (TPSA) is 60.2 Å². The molecule has 0 saturated heterocycles. The van der Waals surface area contributed by atoms with Crippen molar-refractivity contribution in [2.75, 3.05) is 19.1 Å². The quantitative estimate of drug-likeness (QED) is 0.401. The minimum Gasteiger partial charge on any atom is -0.265 e. The van der Waals surface area contributed by atoms with Crippen molar-refractivity contribution in [3.8, 4) is 0 Å². The lowest BCUT2D eigenvalue weighted by Gasteiger charge is -1.73. The number of nitro groups is 1. The van der Waals surface area contributed by atoms with E-state index in [2.05, 4.69) is 0 Å². The van der Waals surface area contributed by atoms with Gasteiger partial charge in [-0.1, -0.05) is 0 Å². The molecule has 56 valence electrons. The zero-order chi connectivity index (χ0) is 7.86. The predicted octanol–water partition coefficient (Wildman–Crippen LogP) is 0.278. The van der Waals surface area contributed by atoms with Crippen LogP contribution in [0, 0.1) is 10.1 Å². The molecule has 0 radical (unpaired) electrons. The van der Waals surface area contributed by atoms with Crippen molar-refractivity contribution in [3.63, 3.8) is 0 Å². The lowest BCUT2D eigenvalue weighted by molar-refractivity contribution is -0.475. The van der Waals surface area contributed by atoms with Crippen molar-refractivity contribution >= 4 is 10.8 Å². The highest BCUT2D eigenvalue weighted by Crippen LogP contribution is 1.57. The van der Waals surface area contributed by atoms with Crippen LogP contribution < -0.4 is 0 Å². The molecule has 4 nitrogen and oxygen atoms in total. The van der Waals surface area contributed by atoms with Crippen molar-refractivity contribution in [1.82, 2.24) is 0 Å². The molecule has 0 amide bonds. The predicted molar refractivity (Wildman–Crippen MR) is 37.5 cm³/mol. The second-order valence-electron chi connectivity index (χ2n) is 1.39. The summed E-state index contributed by atoms with van der Waals surface area (Å²) in [6.07, 6.45) is 3.28. The van der Waals surface area contributed by atoms with Crippen LogP contribution in [0.25, 0.3) is 0 Å². The zero-order valence-corrected chi connectivity index (χ0v) is 6.60. The maximum Gasteiger partial charge on any atom is 0.201 e. The van der Waals surface area contributed by atoms with Gasteiger partial charge in [0.1, 0.15) is 0 Å². The fourth-order valence-corrected chi connectivity index (χ4v) is 0. The van der Waals surface area contributed by atoms with Crippen LogP contribution in [0.1, 0.15) is 6.92 Å². The lowest BCUT2D eigenvalue weighted by Crippen LogP contribution is -1.92. The van der Waals surface area contributed by atoms with E-state index in [1.807, 2.05) is 0 Å². The van der Waals surface area contributed by atoms with Gasteiger partial charge in [0.05, 0.1) is 0 Å². The molecule has 0 saturated carbocycles. The number of nitrogens with zero attached hydrogens (tertiary/aromatic N) is 1. The van der Waals surface area contributed by atoms with Gasteiger partial charge in [-0.2, -0.15) is 0 Å². The van der Waals surface area contributed by atoms with Crippen LogP contribution in [0.3, 0.4) is 0 Å². The normalized spacial score (nSPS) is 8.00. The Morgan fingerprint density at radius 1 is 1.56 bits per heavy atom. The third kappa shape index (κ3) is 96.8. The minimum atomic E-state index is -0.611. The van der Waals surface area contributed by atoms with E-state index >= 15 is 0 Å². The third-order valence-electron chi connectivity index (χ3n) is 0.258. The van der Waals surface area contributed by atoms with Crippen LogP contribution in [0.15, 0.2) is 0 Å². The summed E-state index contributed by atoms with van der Waals surface area (Å²) in [6, 6.07) is 0. The molecular formula is C4H11NO3S. The average Bonchev–Trinajstić information content (AvgIpc) is 1.65. The number of rotatable bonds is 1. The smallest absolute Gasteiger partial charge is 0.201 e. The van der Waals surface area contributed by atoms with Gasteiger partial charge in [0, 0.05) is 35.2 Å². The summed E-state index contributed by atoms with van der Waals surface area (Å²) >= 11 is 0. The first-order valence-corrected chi connectivity index (χ1v) is 4.34. The summed E-state index contributed by atoms with van der Waals surface area (Å²) < 4.78 is 9.56. The first kappa shape index (κ1) is 11.4. The average molecular weight is 153 g/mol. The first-order valence-electron chi connectivity index (χ1n) is 2.37. The van der Waals surface area contributed by atoms with E-state index in [0.717, 1.165) is 0 Å². The second-order valence-corrected chi connectivity index (χ2v) is 2.87. The standard InChI is InChI=1S/C2H5NO2.C2H6OS/c1-2-3(4)5;1-4(2)3/h2H2,1H3;1-2H3. The van der Waals surface area contributed by atoms with E-state index in [1.54, 1.807) is 12.5 Å². The number of hydrogen-bond donors (Lipinski definition) is 0. The molecule has 0 unspecified atom stereocenters. The molecule has 0 heterocycles. The van der Waals surface area contributed by atoms with Crippen molar-refractivity contribution in [1.29, 1.82) is 0 Å². The molecule has 5 heteroatoms. The molecule has 0 aliphatic carbocycles. The van der Waals surface area contributed by atoms with Crippen molar-refractivity contribution in [2.24, 2.45) is 0 Å². The van der Waals surface area contributed by atoms with E-state index < -0.39 is 10.8 Å². The van der Waals surface area contributed by atoms with Crippen LogP contribution >= 0.6 is 0 Å². The molecule has 0 spiro atoms. The Kier molecular flexibility index (Phi) is 9.53. The molecule has 0 N–H and O–H groups in total. The van der Waals surface area contributed by atoms with Gasteiger partial charge in [-0.15, -0.1) is 0 Å². The molecule has 0 fully saturated rings. The Hall–Kier alpha value is -0.450. The van der Waals surface area contributed by atoms with Crippen LogP contribution in [0.2, 0.25) is 0 Å². The van der Waals surface area contributed by atoms with Gasteiger partial charge < -0.3 is 0 Å². The van der Waals surface area contributed by atoms with Gasteiger partial charge in [0.25, 0.3) is 0 Å². The molecule has 0 aromatic heterocycles. The molecule has 0 atom stereocenters. The highest BCUT2D eigenvalue weighted by atomic mass is 32.2. The summed E-state index contributed by atoms with van der Waals surface area (Å²) in [5.41, 5.74) is 0. The number of hydrogen-bond acceptors (Lipinski definition) is 3. The Morgan fingerprint density at radius 3 is 1.67 bits per heavy atom. The van der Waals surface area contributed by atoms with Crippen LogP contribution in [0.5, 0.6) is 0 Å². The summed E-state index contributed by atoms with van der Waals surface area (Å²) in [5.74, 6) is 0. The maximum absolute atomic E-state index is 9.56. The Bertz CT molecular complexity index is 100.0. The zero-order valence-electron chi connectivity index (χ0n) is 5.79. The van der Waals surface area contributed by atoms with Crippen molar-refractivity contribution in [2.45, 2.75) is 6.92 Å². The molecular weight excluding hydrogens is 142 g/mol. The van der Waals surface area contributed by atoms with E-state index in [1.165, 1.54) is 6.92 Å². The highest BCUT2D eigenvalue weighted by molar-refractivity contribution is 7.83. The van der Waals surface area contributed by atoms with Gasteiger partial charge in [0.15, 0.2) is 0 Å². The Balaban J connectivity index is 0. The van der Waals surface area contributed by atoms with Gasteiger partial charge in [-0.3, -0.25) is 14.3 Å². The Labute approximate surface area is 56.9 Å². The summed E-state index contributed by atoms with van der Waals surface area (Å²) in [4.78, 5) is 8.80. The largest absolute Gasteiger partial charge is 0.265 e. The van der Waals surface area contributed by atoms with Gasteiger partial charge >= 0.3 is 0 Å². The second kappa shape index (κ2) is 7.55. The van der Waals surface area contributed by atoms with E-state index in [0.29, 0.717) is 0 Å². The molecule has 0 aromatic rings. The maximum atomic E-state index is 9.56. The van der Waals surface area contributed by atoms with E-state index in [9.17, 15) is 14.3 Å². The summed E-state index contributed by atoms with van der Waals surface area (Å²) in [5, 5.41) is 9.17. The van der Waals surface area contributed by atoms with Crippen molar-refractivity contribution < 1.29 is 9.13 Å². The van der Waals surface area contributed by atoms with Gasteiger partial charge in [-0.25, -0.2) is 0 Å². The van der Waals surface area contributed by atoms with E-state index in [4.69, 9.17) is 0 Å². The summed E-state index contributed by atoms with van der Waals surface area (Å²) in [6.45, 7) is 1.53. The summed E-state index contributed by atoms with van der Waals surface area (Å²) in [7, 11) is -0.611. The fraction of sp³-hybridized carbons (Fsp3) is 1.00. The van der Waals surface area contributed by atoms with Crippen LogP contribution in [-0.4, -0.2) is 28.2 Å². The highest BCUT2D eigenvalue weighted by Gasteiger charge is 1.76. The molecule has 0 bridgehead atoms. The molecule has 0 aromatic carbocycles. The molecule has 0 aliphatic heterocycles. The van der Waals surface area contributed by atoms with Crippen molar-refractivity contribution in [3.05, 3.63) is 10.1 Å². The van der Waals surface area contributed by atoms with Crippen LogP contribution in [0.4, 0.5) is 0 Å². The Morgan fingerprint density at radius 2 is 1.67 bits per heavy atom. The van der Waals surface area contributed by atoms with Gasteiger partial charge in [0.2, 0.25) is 6.54 Å². The monoisotopic (exact) mass is 153 g/mol. The first-order chi connectivity index (χ1) is 4.00. The lowest BCUT2D eigenvalue weighted by atomic mass is 10.8. The fourth-order valence-electron chi connectivity index (χ4n) is 0. The van der Waals surface area contributed by atoms with Gasteiger partial charge in [-0.05, 0) is 0 Å². The molecule has 9 heavy (non-hydrogen) atoms. The third-order valence-corrected chi connectivity index (χ3v) is 0.258. The van der Waals surface area contributed by atoms with Crippen LogP contribution in [-0.2, 0) is 10.8 Å². The molecule has 0 rings (SSSR count).